The van der Waals surface area contributed by atoms with E-state index in [0.717, 1.165) is 67.7 Å². The van der Waals surface area contributed by atoms with Gasteiger partial charge in [-0.05, 0) is 76.5 Å². The van der Waals surface area contributed by atoms with E-state index in [2.05, 4.69) is 179 Å². The lowest BCUT2D eigenvalue weighted by atomic mass is 9.96. The molecule has 0 saturated carbocycles. The first kappa shape index (κ1) is 28.3. The predicted octanol–water partition coefficient (Wildman–Crippen LogP) is 12.0. The zero-order valence-electron chi connectivity index (χ0n) is 27.1. The van der Waals surface area contributed by atoms with E-state index < -0.39 is 0 Å². The fourth-order valence-corrected chi connectivity index (χ4v) is 7.32. The first-order valence-corrected chi connectivity index (χ1v) is 16.9. The van der Waals surface area contributed by atoms with Crippen molar-refractivity contribution in [3.63, 3.8) is 0 Å². The number of rotatable bonds is 4. The van der Waals surface area contributed by atoms with Gasteiger partial charge in [0.2, 0.25) is 5.95 Å². The summed E-state index contributed by atoms with van der Waals surface area (Å²) in [6.07, 6.45) is 0. The molecule has 9 aromatic rings. The molecule has 0 unspecified atom stereocenters. The minimum absolute atomic E-state index is 0.856. The van der Waals surface area contributed by atoms with Crippen LogP contribution in [0.4, 0.5) is 17.3 Å². The molecular formula is C46H30N4. The largest absolute Gasteiger partial charge is 0.280 e. The second-order valence-corrected chi connectivity index (χ2v) is 12.7. The van der Waals surface area contributed by atoms with Gasteiger partial charge in [-0.1, -0.05) is 127 Å². The number of pyridine rings is 1. The number of anilines is 3. The van der Waals surface area contributed by atoms with Gasteiger partial charge in [0.25, 0.3) is 0 Å². The molecule has 0 spiro atoms. The second kappa shape index (κ2) is 11.4. The Morgan fingerprint density at radius 1 is 0.380 bits per heavy atom. The molecule has 0 amide bonds. The second-order valence-electron chi connectivity index (χ2n) is 12.7. The van der Waals surface area contributed by atoms with Crippen molar-refractivity contribution in [1.82, 2.24) is 14.5 Å². The minimum Gasteiger partial charge on any atom is -0.280 e. The van der Waals surface area contributed by atoms with Crippen LogP contribution >= 0.6 is 0 Å². The highest BCUT2D eigenvalue weighted by molar-refractivity contribution is 6.02. The summed E-state index contributed by atoms with van der Waals surface area (Å²) >= 11 is 0. The van der Waals surface area contributed by atoms with Crippen LogP contribution in [0.5, 0.6) is 0 Å². The van der Waals surface area contributed by atoms with Crippen LogP contribution in [0, 0.1) is 0 Å². The first-order chi connectivity index (χ1) is 24.8. The SMILES string of the molecule is c1ccc(-c2cc(-c3cccc(N4c5cc6ccccc6cc5-c5ccccc5-n5c4nc4ccccc45)c3)cc(-c3ccccc3)n2)cc1. The Bertz CT molecular complexity index is 2650. The summed E-state index contributed by atoms with van der Waals surface area (Å²) in [5.74, 6) is 0.856. The van der Waals surface area contributed by atoms with Crippen molar-refractivity contribution >= 4 is 39.1 Å². The Labute approximate surface area is 290 Å². The van der Waals surface area contributed by atoms with Crippen LogP contribution in [-0.4, -0.2) is 14.5 Å². The van der Waals surface area contributed by atoms with Crippen LogP contribution < -0.4 is 4.90 Å². The molecule has 0 saturated heterocycles. The summed E-state index contributed by atoms with van der Waals surface area (Å²) in [7, 11) is 0. The van der Waals surface area contributed by atoms with Gasteiger partial charge < -0.3 is 0 Å². The maximum absolute atomic E-state index is 5.34. The monoisotopic (exact) mass is 638 g/mol. The number of para-hydroxylation sites is 3. The third-order valence-electron chi connectivity index (χ3n) is 9.69. The molecule has 3 heterocycles. The fraction of sp³-hybridized carbons (Fsp3) is 0. The third-order valence-corrected chi connectivity index (χ3v) is 9.69. The number of aromatic nitrogens is 3. The average molecular weight is 639 g/mol. The van der Waals surface area contributed by atoms with Crippen molar-refractivity contribution in [3.8, 4) is 50.5 Å². The van der Waals surface area contributed by atoms with Crippen LogP contribution in [0.25, 0.3) is 72.3 Å². The van der Waals surface area contributed by atoms with Gasteiger partial charge in [0.05, 0.1) is 33.8 Å². The fourth-order valence-electron chi connectivity index (χ4n) is 7.32. The Morgan fingerprint density at radius 3 is 1.76 bits per heavy atom. The van der Waals surface area contributed by atoms with Crippen molar-refractivity contribution < 1.29 is 0 Å². The number of hydrogen-bond donors (Lipinski definition) is 0. The number of benzene rings is 7. The molecule has 0 aliphatic carbocycles. The van der Waals surface area contributed by atoms with Crippen molar-refractivity contribution in [3.05, 3.63) is 182 Å². The molecule has 4 nitrogen and oxygen atoms in total. The first-order valence-electron chi connectivity index (χ1n) is 16.9. The number of fused-ring (bicyclic) bond motifs is 8. The highest BCUT2D eigenvalue weighted by Gasteiger charge is 2.29. The third kappa shape index (κ3) is 4.61. The predicted molar refractivity (Wildman–Crippen MR) is 206 cm³/mol. The van der Waals surface area contributed by atoms with E-state index in [1.165, 1.54) is 21.9 Å². The van der Waals surface area contributed by atoms with Crippen molar-refractivity contribution in [1.29, 1.82) is 0 Å². The zero-order valence-corrected chi connectivity index (χ0v) is 27.1. The van der Waals surface area contributed by atoms with E-state index in [-0.39, 0.29) is 0 Å². The van der Waals surface area contributed by atoms with Gasteiger partial charge in [0.1, 0.15) is 0 Å². The molecule has 1 aliphatic rings. The topological polar surface area (TPSA) is 34.0 Å². The number of imidazole rings is 1. The maximum atomic E-state index is 5.34. The van der Waals surface area contributed by atoms with Gasteiger partial charge in [-0.3, -0.25) is 9.47 Å². The molecule has 50 heavy (non-hydrogen) atoms. The Kier molecular flexibility index (Phi) is 6.46. The highest BCUT2D eigenvalue weighted by Crippen LogP contribution is 2.49. The van der Waals surface area contributed by atoms with Gasteiger partial charge in [-0.25, -0.2) is 9.97 Å². The summed E-state index contributed by atoms with van der Waals surface area (Å²) in [5.41, 5.74) is 13.9. The number of hydrogen-bond acceptors (Lipinski definition) is 3. The van der Waals surface area contributed by atoms with E-state index in [0.29, 0.717) is 0 Å². The van der Waals surface area contributed by atoms with Crippen LogP contribution in [0.1, 0.15) is 0 Å². The van der Waals surface area contributed by atoms with Gasteiger partial charge in [-0.15, -0.1) is 0 Å². The van der Waals surface area contributed by atoms with Crippen LogP contribution in [0.15, 0.2) is 182 Å². The van der Waals surface area contributed by atoms with Crippen molar-refractivity contribution in [2.45, 2.75) is 0 Å². The van der Waals surface area contributed by atoms with Gasteiger partial charge in [-0.2, -0.15) is 0 Å². The molecule has 0 bridgehead atoms. The lowest BCUT2D eigenvalue weighted by Gasteiger charge is -2.25. The van der Waals surface area contributed by atoms with Crippen LogP contribution in [0.2, 0.25) is 0 Å². The van der Waals surface area contributed by atoms with Gasteiger partial charge in [0.15, 0.2) is 0 Å². The summed E-state index contributed by atoms with van der Waals surface area (Å²) < 4.78 is 2.31. The summed E-state index contributed by atoms with van der Waals surface area (Å²) in [5, 5.41) is 2.39. The van der Waals surface area contributed by atoms with Gasteiger partial charge in [0, 0.05) is 27.9 Å². The molecule has 7 aromatic carbocycles. The van der Waals surface area contributed by atoms with Gasteiger partial charge >= 0.3 is 0 Å². The normalized spacial score (nSPS) is 12.0. The van der Waals surface area contributed by atoms with E-state index in [9.17, 15) is 0 Å². The zero-order chi connectivity index (χ0) is 33.0. The summed E-state index contributed by atoms with van der Waals surface area (Å²) in [6.45, 7) is 0. The van der Waals surface area contributed by atoms with E-state index >= 15 is 0 Å². The average Bonchev–Trinajstić information content (AvgIpc) is 3.52. The lowest BCUT2D eigenvalue weighted by molar-refractivity contribution is 1.05. The molecular weight excluding hydrogens is 609 g/mol. The molecule has 2 aromatic heterocycles. The molecule has 0 radical (unpaired) electrons. The van der Waals surface area contributed by atoms with Crippen LogP contribution in [0.3, 0.4) is 0 Å². The molecule has 0 fully saturated rings. The smallest absolute Gasteiger partial charge is 0.220 e. The number of nitrogens with zero attached hydrogens (tertiary/aromatic N) is 4. The Hall–Kier alpha value is -6.78. The Balaban J connectivity index is 1.23. The van der Waals surface area contributed by atoms with Crippen LogP contribution in [-0.2, 0) is 0 Å². The van der Waals surface area contributed by atoms with E-state index in [4.69, 9.17) is 9.97 Å². The molecule has 4 heteroatoms. The maximum Gasteiger partial charge on any atom is 0.220 e. The lowest BCUT2D eigenvalue weighted by Crippen LogP contribution is -2.14. The standard InChI is InChI=1S/C46H30N4/c1-3-14-31(15-4-1)41-28-36(29-42(47-41)32-16-5-2-6-17-32)33-20-13-21-37(26-33)49-45-30-35-19-8-7-18-34(35)27-39(45)38-22-9-11-24-43(38)50-44-25-12-10-23-40(44)48-46(49)50/h1-30H. The molecule has 234 valence electrons. The quantitative estimate of drug-likeness (QED) is 0.192. The van der Waals surface area contributed by atoms with Crippen molar-refractivity contribution in [2.75, 3.05) is 4.90 Å². The molecule has 0 atom stereocenters. The minimum atomic E-state index is 0.856. The summed E-state index contributed by atoms with van der Waals surface area (Å²) in [6, 6.07) is 64.4. The molecule has 1 aliphatic heterocycles. The Morgan fingerprint density at radius 2 is 1.00 bits per heavy atom. The van der Waals surface area contributed by atoms with Crippen molar-refractivity contribution in [2.24, 2.45) is 0 Å². The molecule has 0 N–H and O–H groups in total. The van der Waals surface area contributed by atoms with E-state index in [1.54, 1.807) is 0 Å². The highest BCUT2D eigenvalue weighted by atomic mass is 15.3. The molecule has 10 rings (SSSR count). The summed E-state index contributed by atoms with van der Waals surface area (Å²) in [4.78, 5) is 12.8. The van der Waals surface area contributed by atoms with E-state index in [1.807, 2.05) is 12.1 Å².